The molecule has 4 rings (SSSR count). The summed E-state index contributed by atoms with van der Waals surface area (Å²) in [6, 6.07) is 4.86. The van der Waals surface area contributed by atoms with E-state index in [4.69, 9.17) is 4.74 Å². The van der Waals surface area contributed by atoms with Crippen molar-refractivity contribution in [2.75, 3.05) is 13.7 Å². The number of esters is 1. The lowest BCUT2D eigenvalue weighted by Crippen LogP contribution is -2.12. The van der Waals surface area contributed by atoms with Gasteiger partial charge in [0.15, 0.2) is 6.61 Å². The van der Waals surface area contributed by atoms with Crippen LogP contribution in [0.15, 0.2) is 22.8 Å². The molecular weight excluding hydrogens is 304 g/mol. The molecule has 114 valence electrons. The number of nitrogens with zero attached hydrogens (tertiary/aromatic N) is 4. The van der Waals surface area contributed by atoms with Crippen LogP contribution in [0, 0.1) is 0 Å². The molecule has 1 aromatic carbocycles. The molecule has 0 unspecified atom stereocenters. The fourth-order valence-corrected chi connectivity index (χ4v) is 2.32. The summed E-state index contributed by atoms with van der Waals surface area (Å²) in [5.41, 5.74) is 2.03. The Labute approximate surface area is 128 Å². The van der Waals surface area contributed by atoms with Crippen LogP contribution in [0.5, 0.6) is 5.75 Å². The van der Waals surface area contributed by atoms with Gasteiger partial charge < -0.3 is 9.47 Å². The molecule has 23 heavy (non-hydrogen) atoms. The molecule has 0 amide bonds. The molecule has 0 atom stereocenters. The van der Waals surface area contributed by atoms with E-state index in [1.54, 1.807) is 18.2 Å². The number of carbonyl (C=O) groups excluding carboxylic acids is 2. The van der Waals surface area contributed by atoms with Gasteiger partial charge in [0.05, 0.1) is 7.11 Å². The quantitative estimate of drug-likeness (QED) is 0.505. The molecule has 0 bridgehead atoms. The van der Waals surface area contributed by atoms with Crippen LogP contribution in [0.25, 0.3) is 22.6 Å². The van der Waals surface area contributed by atoms with Gasteiger partial charge in [-0.05, 0) is 28.5 Å². The summed E-state index contributed by atoms with van der Waals surface area (Å²) in [6.45, 7) is -0.240. The molecule has 2 heterocycles. The van der Waals surface area contributed by atoms with E-state index in [1.165, 1.54) is 7.11 Å². The number of ether oxygens (including phenoxy) is 2. The summed E-state index contributed by atoms with van der Waals surface area (Å²) in [6.07, 6.45) is 0. The van der Waals surface area contributed by atoms with E-state index in [0.717, 1.165) is 0 Å². The van der Waals surface area contributed by atoms with Gasteiger partial charge in [-0.15, -0.1) is 0 Å². The zero-order valence-corrected chi connectivity index (χ0v) is 11.8. The molecule has 0 radical (unpaired) electrons. The lowest BCUT2D eigenvalue weighted by atomic mass is 10.1. The van der Waals surface area contributed by atoms with Crippen LogP contribution in [0.2, 0.25) is 0 Å². The zero-order chi connectivity index (χ0) is 16.0. The smallest absolute Gasteiger partial charge is 0.343 e. The number of rotatable bonds is 3. The first-order valence-corrected chi connectivity index (χ1v) is 6.56. The van der Waals surface area contributed by atoms with Crippen molar-refractivity contribution in [2.45, 2.75) is 0 Å². The van der Waals surface area contributed by atoms with E-state index in [1.807, 2.05) is 0 Å². The fourth-order valence-electron chi connectivity index (χ4n) is 2.32. The average Bonchev–Trinajstić information content (AvgIpc) is 3.14. The first-order chi connectivity index (χ1) is 11.2. The third-order valence-corrected chi connectivity index (χ3v) is 3.40. The van der Waals surface area contributed by atoms with E-state index in [0.29, 0.717) is 22.6 Å². The molecule has 1 aliphatic rings. The largest absolute Gasteiger partial charge is 0.482 e. The number of hydrogen-bond donors (Lipinski definition) is 0. The van der Waals surface area contributed by atoms with Crippen LogP contribution in [-0.2, 0) is 9.53 Å². The number of carbonyl (C=O) groups is 2. The standard InChI is InChI=1S/C14H8N4O5/c1-21-9(19)5-22-6-2-3-7-8(4-6)12(20)11-10(7)15-13-14(16-11)18-23-17-13/h2-4H,5H2,1H3. The van der Waals surface area contributed by atoms with E-state index in [9.17, 15) is 9.59 Å². The number of hydrogen-bond acceptors (Lipinski definition) is 9. The average molecular weight is 312 g/mol. The van der Waals surface area contributed by atoms with Crippen LogP contribution in [-0.4, -0.2) is 45.8 Å². The van der Waals surface area contributed by atoms with Crippen molar-refractivity contribution in [3.8, 4) is 17.0 Å². The van der Waals surface area contributed by atoms with Crippen LogP contribution < -0.4 is 4.74 Å². The van der Waals surface area contributed by atoms with Gasteiger partial charge in [0, 0.05) is 11.1 Å². The lowest BCUT2D eigenvalue weighted by molar-refractivity contribution is -0.142. The molecular formula is C14H8N4O5. The fraction of sp³-hybridized carbons (Fsp3) is 0.143. The number of ketones is 1. The van der Waals surface area contributed by atoms with Gasteiger partial charge in [0.25, 0.3) is 0 Å². The highest BCUT2D eigenvalue weighted by molar-refractivity contribution is 6.20. The Kier molecular flexibility index (Phi) is 2.80. The Morgan fingerprint density at radius 2 is 1.87 bits per heavy atom. The van der Waals surface area contributed by atoms with Crippen LogP contribution in [0.3, 0.4) is 0 Å². The summed E-state index contributed by atoms with van der Waals surface area (Å²) in [5, 5.41) is 7.20. The van der Waals surface area contributed by atoms with E-state index >= 15 is 0 Å². The van der Waals surface area contributed by atoms with Gasteiger partial charge >= 0.3 is 5.97 Å². The number of methoxy groups -OCH3 is 1. The van der Waals surface area contributed by atoms with Crippen molar-refractivity contribution in [1.82, 2.24) is 20.3 Å². The summed E-state index contributed by atoms with van der Waals surface area (Å²) in [4.78, 5) is 32.0. The van der Waals surface area contributed by atoms with Crippen molar-refractivity contribution in [3.05, 3.63) is 29.5 Å². The van der Waals surface area contributed by atoms with Gasteiger partial charge in [-0.2, -0.15) is 0 Å². The Morgan fingerprint density at radius 1 is 1.13 bits per heavy atom. The molecule has 0 spiro atoms. The van der Waals surface area contributed by atoms with Crippen molar-refractivity contribution >= 4 is 23.0 Å². The minimum Gasteiger partial charge on any atom is -0.482 e. The van der Waals surface area contributed by atoms with Gasteiger partial charge in [-0.25, -0.2) is 19.4 Å². The Hall–Kier alpha value is -3.36. The second-order valence-electron chi connectivity index (χ2n) is 4.73. The number of aromatic nitrogens is 4. The number of benzene rings is 1. The maximum atomic E-state index is 12.5. The van der Waals surface area contributed by atoms with Crippen molar-refractivity contribution in [3.63, 3.8) is 0 Å². The SMILES string of the molecule is COC(=O)COc1ccc2c(c1)C(=O)c1nc3nonc3nc1-2. The highest BCUT2D eigenvalue weighted by Gasteiger charge is 2.31. The van der Waals surface area contributed by atoms with Gasteiger partial charge in [0.2, 0.25) is 17.1 Å². The predicted octanol–water partition coefficient (Wildman–Crippen LogP) is 0.776. The minimum absolute atomic E-state index is 0.173. The molecule has 9 nitrogen and oxygen atoms in total. The first-order valence-electron chi connectivity index (χ1n) is 6.56. The zero-order valence-electron chi connectivity index (χ0n) is 11.8. The van der Waals surface area contributed by atoms with E-state index in [2.05, 4.69) is 29.6 Å². The normalized spacial score (nSPS) is 12.1. The summed E-state index contributed by atoms with van der Waals surface area (Å²) in [5.74, 6) is -0.431. The van der Waals surface area contributed by atoms with Gasteiger partial charge in [0.1, 0.15) is 17.1 Å². The molecule has 3 aromatic rings. The topological polar surface area (TPSA) is 117 Å². The van der Waals surface area contributed by atoms with Crippen molar-refractivity contribution in [1.29, 1.82) is 0 Å². The minimum atomic E-state index is -0.511. The summed E-state index contributed by atoms with van der Waals surface area (Å²) < 4.78 is 14.3. The van der Waals surface area contributed by atoms with Gasteiger partial charge in [-0.1, -0.05) is 0 Å². The van der Waals surface area contributed by atoms with Crippen LogP contribution in [0.1, 0.15) is 16.1 Å². The lowest BCUT2D eigenvalue weighted by Gasteiger charge is -2.06. The maximum Gasteiger partial charge on any atom is 0.343 e. The monoisotopic (exact) mass is 312 g/mol. The highest BCUT2D eigenvalue weighted by Crippen LogP contribution is 2.36. The Morgan fingerprint density at radius 3 is 2.61 bits per heavy atom. The highest BCUT2D eigenvalue weighted by atomic mass is 16.6. The summed E-state index contributed by atoms with van der Waals surface area (Å²) in [7, 11) is 1.27. The molecule has 2 aromatic heterocycles. The second-order valence-corrected chi connectivity index (χ2v) is 4.73. The van der Waals surface area contributed by atoms with Crippen LogP contribution >= 0.6 is 0 Å². The predicted molar refractivity (Wildman–Crippen MR) is 73.8 cm³/mol. The third-order valence-electron chi connectivity index (χ3n) is 3.40. The Balaban J connectivity index is 1.74. The molecule has 0 N–H and O–H groups in total. The molecule has 0 fully saturated rings. The van der Waals surface area contributed by atoms with E-state index in [-0.39, 0.29) is 29.4 Å². The number of fused-ring (bicyclic) bond motifs is 4. The third kappa shape index (κ3) is 2.01. The van der Waals surface area contributed by atoms with Crippen molar-refractivity contribution < 1.29 is 23.7 Å². The molecule has 0 saturated carbocycles. The van der Waals surface area contributed by atoms with Crippen molar-refractivity contribution in [2.24, 2.45) is 0 Å². The summed E-state index contributed by atoms with van der Waals surface area (Å²) >= 11 is 0. The molecule has 1 aliphatic carbocycles. The second kappa shape index (κ2) is 4.83. The van der Waals surface area contributed by atoms with E-state index < -0.39 is 5.97 Å². The molecule has 9 heteroatoms. The van der Waals surface area contributed by atoms with Gasteiger partial charge in [-0.3, -0.25) is 4.79 Å². The molecule has 0 aliphatic heterocycles. The Bertz CT molecular complexity index is 965. The maximum absolute atomic E-state index is 12.5. The first kappa shape index (κ1) is 13.3. The molecule has 0 saturated heterocycles. The van der Waals surface area contributed by atoms with Crippen LogP contribution in [0.4, 0.5) is 0 Å².